The summed E-state index contributed by atoms with van der Waals surface area (Å²) in [5.74, 6) is 0.565. The van der Waals surface area contributed by atoms with Gasteiger partial charge in [-0.3, -0.25) is 0 Å². The first-order valence-corrected chi connectivity index (χ1v) is 9.93. The van der Waals surface area contributed by atoms with Crippen LogP contribution >= 0.6 is 0 Å². The second kappa shape index (κ2) is 7.96. The molecule has 2 atom stereocenters. The van der Waals surface area contributed by atoms with Crippen LogP contribution in [0.4, 0.5) is 10.7 Å². The van der Waals surface area contributed by atoms with Crippen LogP contribution in [0.15, 0.2) is 36.5 Å². The molecule has 0 spiro atoms. The summed E-state index contributed by atoms with van der Waals surface area (Å²) in [5.41, 5.74) is 2.08. The van der Waals surface area contributed by atoms with Gasteiger partial charge in [0.25, 0.3) is 0 Å². The van der Waals surface area contributed by atoms with Crippen LogP contribution in [0, 0.1) is 0 Å². The molecule has 1 unspecified atom stereocenters. The summed E-state index contributed by atoms with van der Waals surface area (Å²) >= 11 is 0. The van der Waals surface area contributed by atoms with Crippen LogP contribution in [0.2, 0.25) is 0 Å². The van der Waals surface area contributed by atoms with Crippen molar-refractivity contribution in [3.8, 4) is 0 Å². The van der Waals surface area contributed by atoms with Crippen molar-refractivity contribution in [3.63, 3.8) is 0 Å². The average molecular weight is 397 g/mol. The Kier molecular flexibility index (Phi) is 5.38. The van der Waals surface area contributed by atoms with Gasteiger partial charge in [0, 0.05) is 18.4 Å². The number of aliphatic hydroxyl groups is 1. The van der Waals surface area contributed by atoms with Crippen LogP contribution in [-0.2, 0) is 16.8 Å². The molecule has 0 saturated carbocycles. The van der Waals surface area contributed by atoms with Crippen LogP contribution < -0.4 is 10.6 Å². The number of amides is 2. The highest BCUT2D eigenvalue weighted by Crippen LogP contribution is 2.38. The van der Waals surface area contributed by atoms with Crippen molar-refractivity contribution in [2.75, 3.05) is 25.1 Å². The minimum Gasteiger partial charge on any atom is -0.394 e. The van der Waals surface area contributed by atoms with Gasteiger partial charge in [-0.05, 0) is 25.8 Å². The fourth-order valence-corrected chi connectivity index (χ4v) is 3.91. The summed E-state index contributed by atoms with van der Waals surface area (Å²) < 4.78 is 5.39. The third-order valence-corrected chi connectivity index (χ3v) is 5.70. The van der Waals surface area contributed by atoms with Crippen LogP contribution in [-0.4, -0.2) is 51.9 Å². The number of nitrogens with one attached hydrogen (secondary N) is 2. The molecule has 2 aliphatic rings. The van der Waals surface area contributed by atoms with E-state index in [2.05, 4.69) is 20.6 Å². The molecule has 3 N–H and O–H groups in total. The third-order valence-electron chi connectivity index (χ3n) is 5.70. The second-order valence-corrected chi connectivity index (χ2v) is 8.00. The van der Waals surface area contributed by atoms with Crippen molar-refractivity contribution >= 4 is 12.0 Å². The first-order valence-electron chi connectivity index (χ1n) is 9.93. The van der Waals surface area contributed by atoms with Crippen molar-refractivity contribution in [1.29, 1.82) is 0 Å². The van der Waals surface area contributed by atoms with E-state index in [1.54, 1.807) is 11.1 Å². The Labute approximate surface area is 170 Å². The third kappa shape index (κ3) is 3.90. The van der Waals surface area contributed by atoms with E-state index < -0.39 is 11.6 Å². The normalized spacial score (nSPS) is 20.9. The standard InChI is InChI=1S/C21H27N5O3/c1-21(2)16-10-22-19(23-15-8-9-29-13-15)24-17(16)11-26(21)20(28)25-18(12-27)14-6-4-3-5-7-14/h3-7,10,15,18,27H,8-9,11-13H2,1-2H3,(H,25,28)(H,22,23,24)/t15?,18-/m1/s1. The second-order valence-electron chi connectivity index (χ2n) is 8.00. The Morgan fingerprint density at radius 1 is 1.38 bits per heavy atom. The zero-order chi connectivity index (χ0) is 20.4. The molecule has 0 radical (unpaired) electrons. The molecule has 0 aliphatic carbocycles. The molecule has 1 fully saturated rings. The van der Waals surface area contributed by atoms with Gasteiger partial charge in [-0.2, -0.15) is 0 Å². The van der Waals surface area contributed by atoms with Crippen molar-refractivity contribution in [2.45, 2.75) is 44.4 Å². The SMILES string of the molecule is CC1(C)c2cnc(NC3CCOC3)nc2CN1C(=O)N[C@H](CO)c1ccccc1. The topological polar surface area (TPSA) is 99.6 Å². The molecule has 4 rings (SSSR count). The molecular formula is C21H27N5O3. The lowest BCUT2D eigenvalue weighted by molar-refractivity contribution is 0.136. The molecule has 8 heteroatoms. The van der Waals surface area contributed by atoms with Crippen LogP contribution in [0.3, 0.4) is 0 Å². The number of carbonyl (C=O) groups excluding carboxylic acids is 1. The van der Waals surface area contributed by atoms with Gasteiger partial charge in [-0.25, -0.2) is 14.8 Å². The molecule has 1 aromatic carbocycles. The highest BCUT2D eigenvalue weighted by atomic mass is 16.5. The predicted octanol–water partition coefficient (Wildman–Crippen LogP) is 2.17. The fourth-order valence-electron chi connectivity index (χ4n) is 3.91. The summed E-state index contributed by atoms with van der Waals surface area (Å²) in [6, 6.07) is 8.98. The van der Waals surface area contributed by atoms with E-state index >= 15 is 0 Å². The Morgan fingerprint density at radius 3 is 2.86 bits per heavy atom. The smallest absolute Gasteiger partial charge is 0.319 e. The van der Waals surface area contributed by atoms with Gasteiger partial charge in [-0.15, -0.1) is 0 Å². The quantitative estimate of drug-likeness (QED) is 0.715. The number of rotatable bonds is 5. The molecule has 154 valence electrons. The van der Waals surface area contributed by atoms with Gasteiger partial charge >= 0.3 is 6.03 Å². The number of fused-ring (bicyclic) bond motifs is 1. The lowest BCUT2D eigenvalue weighted by Crippen LogP contribution is -2.47. The van der Waals surface area contributed by atoms with Crippen molar-refractivity contribution in [3.05, 3.63) is 53.3 Å². The summed E-state index contributed by atoms with van der Waals surface area (Å²) in [6.07, 6.45) is 2.73. The van der Waals surface area contributed by atoms with E-state index in [0.29, 0.717) is 19.1 Å². The highest BCUT2D eigenvalue weighted by molar-refractivity contribution is 5.77. The van der Waals surface area contributed by atoms with Crippen LogP contribution in [0.25, 0.3) is 0 Å². The van der Waals surface area contributed by atoms with E-state index in [4.69, 9.17) is 4.74 Å². The monoisotopic (exact) mass is 397 g/mol. The van der Waals surface area contributed by atoms with Crippen molar-refractivity contribution < 1.29 is 14.6 Å². The number of hydrogen-bond donors (Lipinski definition) is 3. The van der Waals surface area contributed by atoms with E-state index in [-0.39, 0.29) is 18.7 Å². The Hall–Kier alpha value is -2.71. The minimum atomic E-state index is -0.550. The molecule has 1 aromatic heterocycles. The maximum Gasteiger partial charge on any atom is 0.319 e. The molecule has 2 aromatic rings. The maximum atomic E-state index is 13.1. The number of hydrogen-bond acceptors (Lipinski definition) is 6. The fraction of sp³-hybridized carbons (Fsp3) is 0.476. The highest BCUT2D eigenvalue weighted by Gasteiger charge is 2.42. The minimum absolute atomic E-state index is 0.172. The van der Waals surface area contributed by atoms with Gasteiger partial charge in [-0.1, -0.05) is 30.3 Å². The lowest BCUT2D eigenvalue weighted by Gasteiger charge is -2.33. The first kappa shape index (κ1) is 19.6. The molecule has 2 aliphatic heterocycles. The average Bonchev–Trinajstić information content (AvgIpc) is 3.32. The van der Waals surface area contributed by atoms with E-state index in [9.17, 15) is 9.90 Å². The lowest BCUT2D eigenvalue weighted by atomic mass is 9.97. The molecule has 0 bridgehead atoms. The number of anilines is 1. The molecule has 29 heavy (non-hydrogen) atoms. The van der Waals surface area contributed by atoms with Crippen LogP contribution in [0.5, 0.6) is 0 Å². The zero-order valence-electron chi connectivity index (χ0n) is 16.8. The molecule has 8 nitrogen and oxygen atoms in total. The maximum absolute atomic E-state index is 13.1. The summed E-state index contributed by atoms with van der Waals surface area (Å²) in [7, 11) is 0. The molecule has 2 amide bonds. The number of carbonyl (C=O) groups is 1. The first-order chi connectivity index (χ1) is 14.0. The van der Waals surface area contributed by atoms with Gasteiger partial charge in [0.1, 0.15) is 0 Å². The number of aromatic nitrogens is 2. The largest absolute Gasteiger partial charge is 0.394 e. The Balaban J connectivity index is 1.49. The van der Waals surface area contributed by atoms with E-state index in [1.165, 1.54) is 0 Å². The van der Waals surface area contributed by atoms with Crippen LogP contribution in [0.1, 0.15) is 43.1 Å². The summed E-state index contributed by atoms with van der Waals surface area (Å²) in [6.45, 7) is 5.58. The van der Waals surface area contributed by atoms with Crippen molar-refractivity contribution in [2.24, 2.45) is 0 Å². The molecule has 3 heterocycles. The van der Waals surface area contributed by atoms with Crippen molar-refractivity contribution in [1.82, 2.24) is 20.2 Å². The number of aliphatic hydroxyl groups excluding tert-OH is 1. The summed E-state index contributed by atoms with van der Waals surface area (Å²) in [4.78, 5) is 23.9. The van der Waals surface area contributed by atoms with Gasteiger partial charge < -0.3 is 25.4 Å². The summed E-state index contributed by atoms with van der Waals surface area (Å²) in [5, 5.41) is 16.0. The number of urea groups is 1. The number of nitrogens with zero attached hydrogens (tertiary/aromatic N) is 3. The van der Waals surface area contributed by atoms with E-state index in [1.807, 2.05) is 44.2 Å². The van der Waals surface area contributed by atoms with Gasteiger partial charge in [0.2, 0.25) is 5.95 Å². The number of benzene rings is 1. The Bertz CT molecular complexity index is 868. The molecular weight excluding hydrogens is 370 g/mol. The van der Waals surface area contributed by atoms with E-state index in [0.717, 1.165) is 29.8 Å². The zero-order valence-corrected chi connectivity index (χ0v) is 16.8. The number of ether oxygens (including phenoxy) is 1. The predicted molar refractivity (Wildman–Crippen MR) is 108 cm³/mol. The Morgan fingerprint density at radius 2 is 2.17 bits per heavy atom. The van der Waals surface area contributed by atoms with Gasteiger partial charge in [0.15, 0.2) is 0 Å². The van der Waals surface area contributed by atoms with Gasteiger partial charge in [0.05, 0.1) is 43.1 Å². The molecule has 1 saturated heterocycles.